The van der Waals surface area contributed by atoms with Crippen molar-refractivity contribution in [2.45, 2.75) is 26.4 Å². The van der Waals surface area contributed by atoms with Gasteiger partial charge in [0.1, 0.15) is 0 Å². The fourth-order valence-corrected chi connectivity index (χ4v) is 2.69. The van der Waals surface area contributed by atoms with Gasteiger partial charge < -0.3 is 5.32 Å². The first-order valence-electron chi connectivity index (χ1n) is 7.50. The van der Waals surface area contributed by atoms with Crippen LogP contribution in [0.5, 0.6) is 0 Å². The molecule has 1 N–H and O–H groups in total. The molecule has 1 aromatic carbocycles. The molecule has 19 heavy (non-hydrogen) atoms. The third-order valence-electron chi connectivity index (χ3n) is 3.97. The molecule has 0 amide bonds. The molecular weight excluding hydrogens is 234 g/mol. The van der Waals surface area contributed by atoms with Crippen LogP contribution < -0.4 is 5.32 Å². The van der Waals surface area contributed by atoms with Gasteiger partial charge >= 0.3 is 0 Å². The molecule has 2 rings (SSSR count). The van der Waals surface area contributed by atoms with Gasteiger partial charge in [0.2, 0.25) is 0 Å². The first kappa shape index (κ1) is 14.5. The number of rotatable bonds is 6. The van der Waals surface area contributed by atoms with Crippen molar-refractivity contribution in [2.24, 2.45) is 0 Å². The molecule has 0 radical (unpaired) electrons. The summed E-state index contributed by atoms with van der Waals surface area (Å²) in [6, 6.07) is 11.4. The van der Waals surface area contributed by atoms with Gasteiger partial charge in [0, 0.05) is 45.3 Å². The fourth-order valence-electron chi connectivity index (χ4n) is 2.69. The average molecular weight is 261 g/mol. The zero-order valence-electron chi connectivity index (χ0n) is 12.3. The van der Waals surface area contributed by atoms with Crippen molar-refractivity contribution in [3.05, 3.63) is 35.9 Å². The lowest BCUT2D eigenvalue weighted by Crippen LogP contribution is -2.51. The highest BCUT2D eigenvalue weighted by Gasteiger charge is 2.20. The molecule has 0 aromatic heterocycles. The van der Waals surface area contributed by atoms with Crippen LogP contribution in [0.1, 0.15) is 19.4 Å². The summed E-state index contributed by atoms with van der Waals surface area (Å²) in [6.07, 6.45) is 0. The molecule has 1 aliphatic rings. The third-order valence-corrected chi connectivity index (χ3v) is 3.97. The summed E-state index contributed by atoms with van der Waals surface area (Å²) in [5.41, 5.74) is 1.43. The van der Waals surface area contributed by atoms with Crippen molar-refractivity contribution < 1.29 is 0 Å². The summed E-state index contributed by atoms with van der Waals surface area (Å²) in [5.74, 6) is 0. The Morgan fingerprint density at radius 1 is 1.11 bits per heavy atom. The summed E-state index contributed by atoms with van der Waals surface area (Å²) in [4.78, 5) is 5.16. The lowest BCUT2D eigenvalue weighted by Gasteiger charge is -2.38. The van der Waals surface area contributed by atoms with Crippen molar-refractivity contribution in [2.75, 3.05) is 39.3 Å². The van der Waals surface area contributed by atoms with Gasteiger partial charge in [-0.1, -0.05) is 37.3 Å². The van der Waals surface area contributed by atoms with Crippen molar-refractivity contribution in [1.29, 1.82) is 0 Å². The van der Waals surface area contributed by atoms with Crippen molar-refractivity contribution in [3.63, 3.8) is 0 Å². The fraction of sp³-hybridized carbons (Fsp3) is 0.625. The Labute approximate surface area is 117 Å². The van der Waals surface area contributed by atoms with E-state index < -0.39 is 0 Å². The minimum absolute atomic E-state index is 0.652. The minimum Gasteiger partial charge on any atom is -0.315 e. The molecule has 0 bridgehead atoms. The summed E-state index contributed by atoms with van der Waals surface area (Å²) in [6.45, 7) is 12.5. The van der Waals surface area contributed by atoms with E-state index in [4.69, 9.17) is 0 Å². The SMILES string of the molecule is CCNCC(C)N1CCN(Cc2ccccc2)CC1. The molecule has 0 aliphatic carbocycles. The molecule has 1 fully saturated rings. The molecule has 1 atom stereocenters. The van der Waals surface area contributed by atoms with Crippen molar-refractivity contribution >= 4 is 0 Å². The second-order valence-corrected chi connectivity index (χ2v) is 5.45. The van der Waals surface area contributed by atoms with Crippen LogP contribution in [-0.4, -0.2) is 55.1 Å². The van der Waals surface area contributed by atoms with Gasteiger partial charge in [0.05, 0.1) is 0 Å². The molecule has 1 aromatic rings. The normalized spacial score (nSPS) is 19.5. The zero-order valence-corrected chi connectivity index (χ0v) is 12.3. The number of hydrogen-bond donors (Lipinski definition) is 1. The molecule has 1 saturated heterocycles. The molecule has 1 aliphatic heterocycles. The molecule has 1 heterocycles. The molecule has 3 heteroatoms. The van der Waals surface area contributed by atoms with Crippen LogP contribution in [0.4, 0.5) is 0 Å². The summed E-state index contributed by atoms with van der Waals surface area (Å²) in [5, 5.41) is 3.44. The first-order valence-corrected chi connectivity index (χ1v) is 7.50. The van der Waals surface area contributed by atoms with Gasteiger partial charge in [-0.3, -0.25) is 9.80 Å². The van der Waals surface area contributed by atoms with Crippen LogP contribution in [-0.2, 0) is 6.54 Å². The van der Waals surface area contributed by atoms with Crippen LogP contribution in [0.3, 0.4) is 0 Å². The molecule has 0 spiro atoms. The summed E-state index contributed by atoms with van der Waals surface area (Å²) >= 11 is 0. The Kier molecular flexibility index (Phi) is 5.83. The van der Waals surface area contributed by atoms with Gasteiger partial charge in [-0.15, -0.1) is 0 Å². The number of nitrogens with one attached hydrogen (secondary N) is 1. The highest BCUT2D eigenvalue weighted by atomic mass is 15.3. The van der Waals surface area contributed by atoms with E-state index in [1.54, 1.807) is 0 Å². The third kappa shape index (κ3) is 4.60. The van der Waals surface area contributed by atoms with E-state index in [9.17, 15) is 0 Å². The van der Waals surface area contributed by atoms with E-state index in [0.29, 0.717) is 6.04 Å². The van der Waals surface area contributed by atoms with Gasteiger partial charge in [0.25, 0.3) is 0 Å². The molecular formula is C16H27N3. The van der Waals surface area contributed by atoms with E-state index in [2.05, 4.69) is 59.3 Å². The van der Waals surface area contributed by atoms with E-state index in [0.717, 1.165) is 19.6 Å². The van der Waals surface area contributed by atoms with Crippen LogP contribution >= 0.6 is 0 Å². The van der Waals surface area contributed by atoms with Crippen LogP contribution in [0, 0.1) is 0 Å². The van der Waals surface area contributed by atoms with E-state index in [-0.39, 0.29) is 0 Å². The van der Waals surface area contributed by atoms with Crippen molar-refractivity contribution in [1.82, 2.24) is 15.1 Å². The quantitative estimate of drug-likeness (QED) is 0.842. The monoisotopic (exact) mass is 261 g/mol. The standard InChI is InChI=1S/C16H27N3/c1-3-17-13-15(2)19-11-9-18(10-12-19)14-16-7-5-4-6-8-16/h4-8,15,17H,3,9-14H2,1-2H3. The number of nitrogens with zero attached hydrogens (tertiary/aromatic N) is 2. The predicted octanol–water partition coefficient (Wildman–Crippen LogP) is 1.80. The van der Waals surface area contributed by atoms with Crippen LogP contribution in [0.15, 0.2) is 30.3 Å². The smallest absolute Gasteiger partial charge is 0.0234 e. The first-order chi connectivity index (χ1) is 9.29. The summed E-state index contributed by atoms with van der Waals surface area (Å²) in [7, 11) is 0. The Bertz CT molecular complexity index is 344. The van der Waals surface area contributed by atoms with E-state index >= 15 is 0 Å². The highest BCUT2D eigenvalue weighted by molar-refractivity contribution is 5.14. The topological polar surface area (TPSA) is 18.5 Å². The lowest BCUT2D eigenvalue weighted by molar-refractivity contribution is 0.0975. The average Bonchev–Trinajstić information content (AvgIpc) is 2.46. The minimum atomic E-state index is 0.652. The Balaban J connectivity index is 1.73. The highest BCUT2D eigenvalue weighted by Crippen LogP contribution is 2.10. The van der Waals surface area contributed by atoms with Gasteiger partial charge in [-0.05, 0) is 19.0 Å². The summed E-state index contributed by atoms with van der Waals surface area (Å²) < 4.78 is 0. The number of hydrogen-bond acceptors (Lipinski definition) is 3. The van der Waals surface area contributed by atoms with E-state index in [1.807, 2.05) is 0 Å². The maximum absolute atomic E-state index is 3.44. The van der Waals surface area contributed by atoms with Crippen LogP contribution in [0.25, 0.3) is 0 Å². The molecule has 3 nitrogen and oxygen atoms in total. The second-order valence-electron chi connectivity index (χ2n) is 5.45. The number of benzene rings is 1. The molecule has 1 unspecified atom stereocenters. The number of piperazine rings is 1. The lowest BCUT2D eigenvalue weighted by atomic mass is 10.2. The second kappa shape index (κ2) is 7.63. The van der Waals surface area contributed by atoms with Crippen molar-refractivity contribution in [3.8, 4) is 0 Å². The maximum Gasteiger partial charge on any atom is 0.0234 e. The largest absolute Gasteiger partial charge is 0.315 e. The van der Waals surface area contributed by atoms with Crippen LogP contribution in [0.2, 0.25) is 0 Å². The Morgan fingerprint density at radius 2 is 1.79 bits per heavy atom. The number of likely N-dealkylation sites (N-methyl/N-ethyl adjacent to an activating group) is 1. The van der Waals surface area contributed by atoms with Gasteiger partial charge in [0.15, 0.2) is 0 Å². The molecule has 106 valence electrons. The van der Waals surface area contributed by atoms with Gasteiger partial charge in [-0.2, -0.15) is 0 Å². The predicted molar refractivity (Wildman–Crippen MR) is 81.3 cm³/mol. The molecule has 0 saturated carbocycles. The maximum atomic E-state index is 3.44. The zero-order chi connectivity index (χ0) is 13.5. The Hall–Kier alpha value is -0.900. The van der Waals surface area contributed by atoms with Gasteiger partial charge in [-0.25, -0.2) is 0 Å². The Morgan fingerprint density at radius 3 is 2.42 bits per heavy atom. The van der Waals surface area contributed by atoms with E-state index in [1.165, 1.54) is 31.7 Å².